The van der Waals surface area contributed by atoms with Crippen LogP contribution in [0.4, 0.5) is 14.5 Å². The predicted octanol–water partition coefficient (Wildman–Crippen LogP) is 4.09. The molecule has 3 aromatic rings. The molecule has 2 aromatic carbocycles. The van der Waals surface area contributed by atoms with Crippen molar-refractivity contribution in [2.75, 3.05) is 5.32 Å². The van der Waals surface area contributed by atoms with Crippen molar-refractivity contribution in [2.24, 2.45) is 0 Å². The molecule has 0 aliphatic heterocycles. The Morgan fingerprint density at radius 3 is 2.57 bits per heavy atom. The molecule has 116 valence electrons. The van der Waals surface area contributed by atoms with Crippen LogP contribution in [0.3, 0.4) is 0 Å². The molecule has 1 heterocycles. The van der Waals surface area contributed by atoms with E-state index in [0.717, 1.165) is 17.0 Å². The summed E-state index contributed by atoms with van der Waals surface area (Å²) in [5.41, 5.74) is 2.12. The van der Waals surface area contributed by atoms with Crippen LogP contribution in [0.25, 0.3) is 10.9 Å². The molecule has 0 unspecified atom stereocenters. The molecular weight excluding hydrogens is 298 g/mol. The Morgan fingerprint density at radius 2 is 1.87 bits per heavy atom. The zero-order valence-corrected chi connectivity index (χ0v) is 12.2. The van der Waals surface area contributed by atoms with Crippen molar-refractivity contribution >= 4 is 22.5 Å². The number of carbonyl (C=O) groups is 1. The van der Waals surface area contributed by atoms with Gasteiger partial charge < -0.3 is 9.88 Å². The van der Waals surface area contributed by atoms with Crippen molar-refractivity contribution < 1.29 is 13.6 Å². The van der Waals surface area contributed by atoms with E-state index in [4.69, 9.17) is 0 Å². The molecule has 0 radical (unpaired) electrons. The summed E-state index contributed by atoms with van der Waals surface area (Å²) in [6, 6.07) is 10.8. The van der Waals surface area contributed by atoms with Crippen molar-refractivity contribution in [1.82, 2.24) is 4.57 Å². The molecule has 0 saturated heterocycles. The number of hydrogen-bond donors (Lipinski definition) is 1. The van der Waals surface area contributed by atoms with Crippen LogP contribution in [0.1, 0.15) is 5.56 Å². The van der Waals surface area contributed by atoms with E-state index in [2.05, 4.69) is 11.9 Å². The second-order valence-corrected chi connectivity index (χ2v) is 5.19. The summed E-state index contributed by atoms with van der Waals surface area (Å²) < 4.78 is 28.5. The molecule has 1 N–H and O–H groups in total. The van der Waals surface area contributed by atoms with Crippen LogP contribution in [0.2, 0.25) is 0 Å². The summed E-state index contributed by atoms with van der Waals surface area (Å²) in [6.07, 6.45) is 3.04. The minimum atomic E-state index is -0.592. The van der Waals surface area contributed by atoms with Gasteiger partial charge in [-0.15, -0.1) is 0 Å². The monoisotopic (exact) mass is 312 g/mol. The van der Waals surface area contributed by atoms with E-state index in [1.54, 1.807) is 6.07 Å². The van der Waals surface area contributed by atoms with Gasteiger partial charge in [0.1, 0.15) is 11.6 Å². The zero-order chi connectivity index (χ0) is 16.4. The second-order valence-electron chi connectivity index (χ2n) is 5.19. The average molecular weight is 312 g/mol. The molecule has 0 fully saturated rings. The first-order valence-electron chi connectivity index (χ1n) is 7.02. The van der Waals surface area contributed by atoms with Crippen molar-refractivity contribution in [2.45, 2.75) is 6.54 Å². The van der Waals surface area contributed by atoms with E-state index in [1.165, 1.54) is 18.2 Å². The SMILES string of the molecule is C=CC(=O)Nc1ccc2c(ccn2Cc2cc(F)cc(F)c2)c1. The maximum absolute atomic E-state index is 13.3. The highest BCUT2D eigenvalue weighted by Crippen LogP contribution is 2.22. The van der Waals surface area contributed by atoms with Gasteiger partial charge in [-0.05, 0) is 48.0 Å². The highest BCUT2D eigenvalue weighted by Gasteiger charge is 2.06. The molecule has 1 aromatic heterocycles. The molecule has 3 nitrogen and oxygen atoms in total. The van der Waals surface area contributed by atoms with Gasteiger partial charge in [-0.1, -0.05) is 6.58 Å². The van der Waals surface area contributed by atoms with Gasteiger partial charge in [0, 0.05) is 35.4 Å². The summed E-state index contributed by atoms with van der Waals surface area (Å²) in [5, 5.41) is 3.61. The van der Waals surface area contributed by atoms with Gasteiger partial charge in [-0.3, -0.25) is 4.79 Å². The van der Waals surface area contributed by atoms with Gasteiger partial charge in [0.15, 0.2) is 0 Å². The number of anilines is 1. The third kappa shape index (κ3) is 3.29. The minimum absolute atomic E-state index is 0.279. The number of halogens is 2. The van der Waals surface area contributed by atoms with Gasteiger partial charge in [-0.2, -0.15) is 0 Å². The molecule has 0 spiro atoms. The highest BCUT2D eigenvalue weighted by molar-refractivity contribution is 6.00. The van der Waals surface area contributed by atoms with Gasteiger partial charge in [0.05, 0.1) is 0 Å². The van der Waals surface area contributed by atoms with Gasteiger partial charge in [0.25, 0.3) is 0 Å². The maximum Gasteiger partial charge on any atom is 0.247 e. The Morgan fingerprint density at radius 1 is 1.13 bits per heavy atom. The molecule has 23 heavy (non-hydrogen) atoms. The first-order chi connectivity index (χ1) is 11.0. The average Bonchev–Trinajstić information content (AvgIpc) is 2.88. The lowest BCUT2D eigenvalue weighted by molar-refractivity contribution is -0.111. The van der Waals surface area contributed by atoms with Gasteiger partial charge in [-0.25, -0.2) is 8.78 Å². The van der Waals surface area contributed by atoms with Crippen molar-refractivity contribution in [3.05, 3.63) is 78.5 Å². The Hall–Kier alpha value is -2.95. The van der Waals surface area contributed by atoms with E-state index in [0.29, 0.717) is 17.8 Å². The van der Waals surface area contributed by atoms with E-state index in [1.807, 2.05) is 29.0 Å². The van der Waals surface area contributed by atoms with Crippen molar-refractivity contribution in [1.29, 1.82) is 0 Å². The number of nitrogens with one attached hydrogen (secondary N) is 1. The summed E-state index contributed by atoms with van der Waals surface area (Å²) >= 11 is 0. The number of carbonyl (C=O) groups excluding carboxylic acids is 1. The van der Waals surface area contributed by atoms with Crippen LogP contribution in [0, 0.1) is 11.6 Å². The summed E-state index contributed by atoms with van der Waals surface area (Å²) in [6.45, 7) is 3.76. The van der Waals surface area contributed by atoms with Crippen LogP contribution in [0.5, 0.6) is 0 Å². The standard InChI is InChI=1S/C18H14F2N2O/c1-2-18(23)21-16-3-4-17-13(9-16)5-6-22(17)11-12-7-14(19)10-15(20)8-12/h2-10H,1,11H2,(H,21,23). The second kappa shape index (κ2) is 6.04. The van der Waals surface area contributed by atoms with Crippen molar-refractivity contribution in [3.63, 3.8) is 0 Å². The summed E-state index contributed by atoms with van der Waals surface area (Å²) in [4.78, 5) is 11.3. The van der Waals surface area contributed by atoms with Gasteiger partial charge in [0.2, 0.25) is 5.91 Å². The number of hydrogen-bond acceptors (Lipinski definition) is 1. The first-order valence-corrected chi connectivity index (χ1v) is 7.02. The summed E-state index contributed by atoms with van der Waals surface area (Å²) in [7, 11) is 0. The Bertz CT molecular complexity index is 879. The van der Waals surface area contributed by atoms with E-state index < -0.39 is 11.6 Å². The van der Waals surface area contributed by atoms with E-state index in [-0.39, 0.29) is 5.91 Å². The van der Waals surface area contributed by atoms with Crippen LogP contribution >= 0.6 is 0 Å². The van der Waals surface area contributed by atoms with Crippen LogP contribution in [-0.2, 0) is 11.3 Å². The summed E-state index contributed by atoms with van der Waals surface area (Å²) in [5.74, 6) is -1.46. The van der Waals surface area contributed by atoms with E-state index in [9.17, 15) is 13.6 Å². The molecule has 1 amide bonds. The van der Waals surface area contributed by atoms with Crippen LogP contribution in [-0.4, -0.2) is 10.5 Å². The predicted molar refractivity (Wildman–Crippen MR) is 86.2 cm³/mol. The highest BCUT2D eigenvalue weighted by atomic mass is 19.1. The zero-order valence-electron chi connectivity index (χ0n) is 12.2. The Labute approximate surface area is 131 Å². The fourth-order valence-electron chi connectivity index (χ4n) is 2.51. The minimum Gasteiger partial charge on any atom is -0.343 e. The largest absolute Gasteiger partial charge is 0.343 e. The first kappa shape index (κ1) is 15.0. The molecule has 0 aliphatic carbocycles. The molecule has 0 bridgehead atoms. The number of rotatable bonds is 4. The number of amides is 1. The Balaban J connectivity index is 1.90. The number of nitrogens with zero attached hydrogens (tertiary/aromatic N) is 1. The molecular formula is C18H14F2N2O. The smallest absolute Gasteiger partial charge is 0.247 e. The van der Waals surface area contributed by atoms with Crippen LogP contribution in [0.15, 0.2) is 61.3 Å². The lowest BCUT2D eigenvalue weighted by Crippen LogP contribution is -2.07. The quantitative estimate of drug-likeness (QED) is 0.723. The van der Waals surface area contributed by atoms with Gasteiger partial charge >= 0.3 is 0 Å². The number of benzene rings is 2. The normalized spacial score (nSPS) is 10.7. The fraction of sp³-hybridized carbons (Fsp3) is 0.0556. The third-order valence-corrected chi connectivity index (χ3v) is 3.50. The third-order valence-electron chi connectivity index (χ3n) is 3.50. The van der Waals surface area contributed by atoms with Crippen LogP contribution < -0.4 is 5.32 Å². The Kier molecular flexibility index (Phi) is 3.93. The maximum atomic E-state index is 13.3. The van der Waals surface area contributed by atoms with Crippen molar-refractivity contribution in [3.8, 4) is 0 Å². The molecule has 5 heteroatoms. The molecule has 0 saturated carbocycles. The lowest BCUT2D eigenvalue weighted by Gasteiger charge is -2.07. The lowest BCUT2D eigenvalue weighted by atomic mass is 10.2. The molecule has 3 rings (SSSR count). The molecule has 0 atom stereocenters. The number of aromatic nitrogens is 1. The molecule has 0 aliphatic rings. The van der Waals surface area contributed by atoms with E-state index >= 15 is 0 Å². The fourth-order valence-corrected chi connectivity index (χ4v) is 2.51. The number of fused-ring (bicyclic) bond motifs is 1. The topological polar surface area (TPSA) is 34.0 Å².